The summed E-state index contributed by atoms with van der Waals surface area (Å²) in [6.45, 7) is 3.05. The SMILES string of the molecule is CC(=O)c1cc2c(cc1C(C)=O)CCCC2. The molecule has 0 bridgehead atoms. The van der Waals surface area contributed by atoms with Crippen molar-refractivity contribution in [2.75, 3.05) is 0 Å². The zero-order chi connectivity index (χ0) is 11.7. The molecule has 0 aromatic heterocycles. The van der Waals surface area contributed by atoms with E-state index in [1.807, 2.05) is 12.1 Å². The molecule has 0 saturated carbocycles. The Bertz CT molecular complexity index is 415. The molecular formula is C14H16O2. The van der Waals surface area contributed by atoms with Gasteiger partial charge in [0.05, 0.1) is 0 Å². The Morgan fingerprint density at radius 3 is 1.56 bits per heavy atom. The van der Waals surface area contributed by atoms with E-state index in [0.717, 1.165) is 12.8 Å². The van der Waals surface area contributed by atoms with E-state index >= 15 is 0 Å². The molecule has 0 aliphatic heterocycles. The molecule has 2 heteroatoms. The van der Waals surface area contributed by atoms with Gasteiger partial charge in [0.2, 0.25) is 0 Å². The molecule has 0 amide bonds. The molecule has 0 N–H and O–H groups in total. The van der Waals surface area contributed by atoms with E-state index in [1.54, 1.807) is 0 Å². The van der Waals surface area contributed by atoms with Crippen LogP contribution in [0.5, 0.6) is 0 Å². The van der Waals surface area contributed by atoms with Gasteiger partial charge in [0.1, 0.15) is 0 Å². The molecule has 0 heterocycles. The van der Waals surface area contributed by atoms with E-state index in [2.05, 4.69) is 0 Å². The summed E-state index contributed by atoms with van der Waals surface area (Å²) < 4.78 is 0. The minimum Gasteiger partial charge on any atom is -0.294 e. The van der Waals surface area contributed by atoms with Gasteiger partial charge in [0.25, 0.3) is 0 Å². The van der Waals surface area contributed by atoms with Crippen LogP contribution >= 0.6 is 0 Å². The third kappa shape index (κ3) is 1.92. The Labute approximate surface area is 95.7 Å². The van der Waals surface area contributed by atoms with Crippen LogP contribution in [0.3, 0.4) is 0 Å². The lowest BCUT2D eigenvalue weighted by Gasteiger charge is -2.18. The summed E-state index contributed by atoms with van der Waals surface area (Å²) in [5.41, 5.74) is 3.68. The summed E-state index contributed by atoms with van der Waals surface area (Å²) in [7, 11) is 0. The van der Waals surface area contributed by atoms with Gasteiger partial charge in [-0.15, -0.1) is 0 Å². The van der Waals surface area contributed by atoms with Crippen LogP contribution in [-0.4, -0.2) is 11.6 Å². The highest BCUT2D eigenvalue weighted by atomic mass is 16.1. The van der Waals surface area contributed by atoms with Gasteiger partial charge in [0, 0.05) is 11.1 Å². The molecular weight excluding hydrogens is 200 g/mol. The molecule has 1 aromatic carbocycles. The van der Waals surface area contributed by atoms with Gasteiger partial charge in [-0.25, -0.2) is 0 Å². The lowest BCUT2D eigenvalue weighted by Crippen LogP contribution is -2.10. The van der Waals surface area contributed by atoms with Gasteiger partial charge < -0.3 is 0 Å². The number of fused-ring (bicyclic) bond motifs is 1. The Kier molecular flexibility index (Phi) is 2.90. The van der Waals surface area contributed by atoms with E-state index < -0.39 is 0 Å². The minimum absolute atomic E-state index is 0.0152. The van der Waals surface area contributed by atoms with Crippen molar-refractivity contribution in [2.45, 2.75) is 39.5 Å². The maximum Gasteiger partial charge on any atom is 0.160 e. The van der Waals surface area contributed by atoms with Crippen LogP contribution < -0.4 is 0 Å². The zero-order valence-corrected chi connectivity index (χ0v) is 9.80. The first-order valence-electron chi connectivity index (χ1n) is 5.77. The second-order valence-electron chi connectivity index (χ2n) is 4.49. The van der Waals surface area contributed by atoms with Gasteiger partial charge in [0.15, 0.2) is 11.6 Å². The molecule has 0 atom stereocenters. The average Bonchev–Trinajstić information content (AvgIpc) is 2.27. The standard InChI is InChI=1S/C14H16O2/c1-9(15)13-7-11-5-3-4-6-12(11)8-14(13)10(2)16/h7-8H,3-6H2,1-2H3. The lowest BCUT2D eigenvalue weighted by molar-refractivity contribution is 0.0980. The maximum absolute atomic E-state index is 11.5. The maximum atomic E-state index is 11.5. The topological polar surface area (TPSA) is 34.1 Å². The molecule has 0 saturated heterocycles. The molecule has 2 nitrogen and oxygen atoms in total. The highest BCUT2D eigenvalue weighted by Crippen LogP contribution is 2.25. The number of aryl methyl sites for hydroxylation is 2. The summed E-state index contributed by atoms with van der Waals surface area (Å²) in [6, 6.07) is 3.85. The Hall–Kier alpha value is -1.44. The summed E-state index contributed by atoms with van der Waals surface area (Å²) in [6.07, 6.45) is 4.44. The van der Waals surface area contributed by atoms with Crippen molar-refractivity contribution in [2.24, 2.45) is 0 Å². The number of hydrogen-bond donors (Lipinski definition) is 0. The number of hydrogen-bond acceptors (Lipinski definition) is 2. The van der Waals surface area contributed by atoms with Crippen LogP contribution in [0, 0.1) is 0 Å². The summed E-state index contributed by atoms with van der Waals surface area (Å²) in [5.74, 6) is -0.0304. The van der Waals surface area contributed by atoms with Crippen LogP contribution in [0.1, 0.15) is 58.5 Å². The zero-order valence-electron chi connectivity index (χ0n) is 9.80. The van der Waals surface area contributed by atoms with E-state index in [-0.39, 0.29) is 11.6 Å². The van der Waals surface area contributed by atoms with E-state index in [9.17, 15) is 9.59 Å². The van der Waals surface area contributed by atoms with Crippen molar-refractivity contribution < 1.29 is 9.59 Å². The van der Waals surface area contributed by atoms with Crippen molar-refractivity contribution in [1.82, 2.24) is 0 Å². The first kappa shape index (κ1) is 11.1. The summed E-state index contributed by atoms with van der Waals surface area (Å²) >= 11 is 0. The van der Waals surface area contributed by atoms with Gasteiger partial charge in [-0.05, 0) is 62.8 Å². The number of Topliss-reactive ketones (excluding diaryl/α,β-unsaturated/α-hetero) is 2. The fourth-order valence-electron chi connectivity index (χ4n) is 2.37. The Morgan fingerprint density at radius 1 is 0.875 bits per heavy atom. The fourth-order valence-corrected chi connectivity index (χ4v) is 2.37. The molecule has 1 aliphatic carbocycles. The lowest BCUT2D eigenvalue weighted by atomic mass is 9.86. The van der Waals surface area contributed by atoms with Crippen molar-refractivity contribution >= 4 is 11.6 Å². The molecule has 0 radical (unpaired) electrons. The van der Waals surface area contributed by atoms with Crippen molar-refractivity contribution in [1.29, 1.82) is 0 Å². The van der Waals surface area contributed by atoms with Crippen molar-refractivity contribution in [3.8, 4) is 0 Å². The number of carbonyl (C=O) groups excluding carboxylic acids is 2. The molecule has 1 aliphatic rings. The molecule has 1 aromatic rings. The number of ketones is 2. The monoisotopic (exact) mass is 216 g/mol. The number of rotatable bonds is 2. The van der Waals surface area contributed by atoms with Gasteiger partial charge in [-0.1, -0.05) is 0 Å². The van der Waals surface area contributed by atoms with E-state index in [1.165, 1.54) is 37.8 Å². The minimum atomic E-state index is -0.0152. The summed E-state index contributed by atoms with van der Waals surface area (Å²) in [5, 5.41) is 0. The number of benzene rings is 1. The molecule has 84 valence electrons. The molecule has 0 spiro atoms. The average molecular weight is 216 g/mol. The van der Waals surface area contributed by atoms with E-state index in [0.29, 0.717) is 11.1 Å². The first-order valence-corrected chi connectivity index (χ1v) is 5.77. The highest BCUT2D eigenvalue weighted by Gasteiger charge is 2.17. The van der Waals surface area contributed by atoms with Crippen LogP contribution in [0.4, 0.5) is 0 Å². The third-order valence-electron chi connectivity index (χ3n) is 3.24. The van der Waals surface area contributed by atoms with Crippen LogP contribution in [0.2, 0.25) is 0 Å². The highest BCUT2D eigenvalue weighted by molar-refractivity contribution is 6.07. The predicted molar refractivity (Wildman–Crippen MR) is 63.1 cm³/mol. The second kappa shape index (κ2) is 4.20. The van der Waals surface area contributed by atoms with Gasteiger partial charge >= 0.3 is 0 Å². The van der Waals surface area contributed by atoms with Crippen molar-refractivity contribution in [3.63, 3.8) is 0 Å². The van der Waals surface area contributed by atoms with Crippen LogP contribution in [0.15, 0.2) is 12.1 Å². The van der Waals surface area contributed by atoms with Crippen LogP contribution in [0.25, 0.3) is 0 Å². The third-order valence-corrected chi connectivity index (χ3v) is 3.24. The van der Waals surface area contributed by atoms with Crippen LogP contribution in [-0.2, 0) is 12.8 Å². The molecule has 0 unspecified atom stereocenters. The van der Waals surface area contributed by atoms with Crippen molar-refractivity contribution in [3.05, 3.63) is 34.4 Å². The number of carbonyl (C=O) groups is 2. The molecule has 2 rings (SSSR count). The first-order chi connectivity index (χ1) is 7.59. The second-order valence-corrected chi connectivity index (χ2v) is 4.49. The smallest absolute Gasteiger partial charge is 0.160 e. The Morgan fingerprint density at radius 2 is 1.25 bits per heavy atom. The normalized spacial score (nSPS) is 14.4. The molecule has 16 heavy (non-hydrogen) atoms. The predicted octanol–water partition coefficient (Wildman–Crippen LogP) is 2.97. The molecule has 0 fully saturated rings. The van der Waals surface area contributed by atoms with E-state index in [4.69, 9.17) is 0 Å². The Balaban J connectivity index is 2.59. The largest absolute Gasteiger partial charge is 0.294 e. The van der Waals surface area contributed by atoms with Gasteiger partial charge in [-0.3, -0.25) is 9.59 Å². The van der Waals surface area contributed by atoms with Gasteiger partial charge in [-0.2, -0.15) is 0 Å². The fraction of sp³-hybridized carbons (Fsp3) is 0.429. The summed E-state index contributed by atoms with van der Waals surface area (Å²) in [4.78, 5) is 23.0. The quantitative estimate of drug-likeness (QED) is 0.712.